The maximum Gasteiger partial charge on any atom is 0.246 e. The molecule has 2 heterocycles. The summed E-state index contributed by atoms with van der Waals surface area (Å²) in [6.45, 7) is 11.3. The van der Waals surface area contributed by atoms with Crippen molar-refractivity contribution >= 4 is 11.7 Å². The molecule has 0 spiro atoms. The molecule has 0 radical (unpaired) electrons. The number of ketones is 1. The number of likely N-dealkylation sites (N-methyl/N-ethyl adjacent to an activating group) is 1. The Hall–Kier alpha value is -2.38. The predicted octanol–water partition coefficient (Wildman–Crippen LogP) is 2.77. The highest BCUT2D eigenvalue weighted by Crippen LogP contribution is 2.32. The van der Waals surface area contributed by atoms with Crippen molar-refractivity contribution < 1.29 is 19.1 Å². The fraction of sp³-hybridized carbons (Fsp3) is 0.600. The molecule has 2 saturated heterocycles. The van der Waals surface area contributed by atoms with Gasteiger partial charge in [-0.3, -0.25) is 14.5 Å². The number of ether oxygens (including phenoxy) is 2. The van der Waals surface area contributed by atoms with E-state index in [1.54, 1.807) is 12.1 Å². The summed E-state index contributed by atoms with van der Waals surface area (Å²) in [4.78, 5) is 32.3. The van der Waals surface area contributed by atoms with Gasteiger partial charge in [-0.1, -0.05) is 0 Å². The zero-order valence-corrected chi connectivity index (χ0v) is 20.1. The van der Waals surface area contributed by atoms with Gasteiger partial charge in [0.05, 0.1) is 19.3 Å². The van der Waals surface area contributed by atoms with Crippen LogP contribution in [0.2, 0.25) is 0 Å². The first-order valence-corrected chi connectivity index (χ1v) is 11.6. The van der Waals surface area contributed by atoms with Crippen molar-refractivity contribution in [2.45, 2.75) is 45.7 Å². The van der Waals surface area contributed by atoms with Crippen LogP contribution in [-0.4, -0.2) is 92.0 Å². The number of piperazine rings is 1. The minimum absolute atomic E-state index is 0.106. The van der Waals surface area contributed by atoms with Gasteiger partial charge in [-0.15, -0.1) is 0 Å². The average molecular weight is 444 g/mol. The highest BCUT2D eigenvalue weighted by Gasteiger charge is 2.30. The van der Waals surface area contributed by atoms with Crippen molar-refractivity contribution in [2.75, 3.05) is 53.5 Å². The van der Waals surface area contributed by atoms with E-state index >= 15 is 0 Å². The molecule has 1 atom stereocenters. The number of nitrogens with zero attached hydrogens (tertiary/aromatic N) is 3. The first-order valence-electron chi connectivity index (χ1n) is 11.6. The Morgan fingerprint density at radius 2 is 1.84 bits per heavy atom. The van der Waals surface area contributed by atoms with Crippen molar-refractivity contribution in [3.05, 3.63) is 35.4 Å². The number of methoxy groups -OCH3 is 1. The number of likely N-dealkylation sites (tertiary alicyclic amines) is 1. The van der Waals surface area contributed by atoms with Gasteiger partial charge in [-0.2, -0.15) is 0 Å². The molecule has 2 aliphatic rings. The molecule has 7 nitrogen and oxygen atoms in total. The second-order valence-corrected chi connectivity index (χ2v) is 8.78. The Morgan fingerprint density at radius 3 is 2.47 bits per heavy atom. The van der Waals surface area contributed by atoms with Crippen LogP contribution >= 0.6 is 0 Å². The summed E-state index contributed by atoms with van der Waals surface area (Å²) in [7, 11) is 3.72. The molecule has 7 heteroatoms. The summed E-state index contributed by atoms with van der Waals surface area (Å²) in [5.74, 6) is 0.826. The molecule has 0 bridgehead atoms. The molecule has 3 rings (SSSR count). The predicted molar refractivity (Wildman–Crippen MR) is 126 cm³/mol. The van der Waals surface area contributed by atoms with Crippen molar-refractivity contribution in [1.82, 2.24) is 14.7 Å². The number of hydrogen-bond donors (Lipinski definition) is 0. The normalized spacial score (nSPS) is 21.2. The quantitative estimate of drug-likeness (QED) is 0.477. The van der Waals surface area contributed by atoms with Crippen molar-refractivity contribution in [3.8, 4) is 11.5 Å². The Kier molecular flexibility index (Phi) is 8.32. The molecule has 2 aliphatic heterocycles. The number of piperidine rings is 1. The molecule has 0 aliphatic carbocycles. The maximum absolute atomic E-state index is 12.8. The van der Waals surface area contributed by atoms with Gasteiger partial charge in [0.25, 0.3) is 0 Å². The third-order valence-corrected chi connectivity index (χ3v) is 6.79. The highest BCUT2D eigenvalue weighted by atomic mass is 16.5. The van der Waals surface area contributed by atoms with Gasteiger partial charge in [0.15, 0.2) is 5.78 Å². The van der Waals surface area contributed by atoms with E-state index in [1.165, 1.54) is 19.3 Å². The maximum atomic E-state index is 12.8. The van der Waals surface area contributed by atoms with Crippen LogP contribution in [-0.2, 0) is 4.79 Å². The van der Waals surface area contributed by atoms with E-state index in [0.29, 0.717) is 35.8 Å². The molecular formula is C25H37N3O4. The molecule has 1 unspecified atom stereocenters. The topological polar surface area (TPSA) is 62.3 Å². The van der Waals surface area contributed by atoms with Gasteiger partial charge in [-0.25, -0.2) is 0 Å². The van der Waals surface area contributed by atoms with Crippen LogP contribution in [0.5, 0.6) is 11.5 Å². The smallest absolute Gasteiger partial charge is 0.246 e. The molecule has 1 aromatic rings. The number of allylic oxidation sites excluding steroid dienone is 1. The first-order chi connectivity index (χ1) is 15.3. The minimum atomic E-state index is -0.248. The lowest BCUT2D eigenvalue weighted by molar-refractivity contribution is -0.127. The summed E-state index contributed by atoms with van der Waals surface area (Å²) in [5.41, 5.74) is 1.21. The number of carbonyl (C=O) groups is 2. The Balaban J connectivity index is 1.57. The van der Waals surface area contributed by atoms with Crippen LogP contribution < -0.4 is 9.47 Å². The van der Waals surface area contributed by atoms with Gasteiger partial charge in [0.2, 0.25) is 5.91 Å². The van der Waals surface area contributed by atoms with Crippen molar-refractivity contribution in [2.24, 2.45) is 0 Å². The number of amides is 1. The lowest BCUT2D eigenvalue weighted by atomic mass is 10.0. The molecular weight excluding hydrogens is 406 g/mol. The van der Waals surface area contributed by atoms with E-state index in [1.807, 2.05) is 18.7 Å². The van der Waals surface area contributed by atoms with E-state index in [0.717, 1.165) is 51.1 Å². The molecule has 32 heavy (non-hydrogen) atoms. The number of benzene rings is 1. The van der Waals surface area contributed by atoms with E-state index < -0.39 is 0 Å². The zero-order valence-electron chi connectivity index (χ0n) is 20.1. The van der Waals surface area contributed by atoms with E-state index in [-0.39, 0.29) is 11.7 Å². The fourth-order valence-electron chi connectivity index (χ4n) is 4.64. The Morgan fingerprint density at radius 1 is 1.12 bits per heavy atom. The van der Waals surface area contributed by atoms with Crippen molar-refractivity contribution in [1.29, 1.82) is 0 Å². The number of carbonyl (C=O) groups excluding carboxylic acids is 2. The number of hydrogen-bond acceptors (Lipinski definition) is 6. The third kappa shape index (κ3) is 5.51. The summed E-state index contributed by atoms with van der Waals surface area (Å²) in [6.07, 6.45) is 4.71. The second-order valence-electron chi connectivity index (χ2n) is 8.78. The Bertz CT molecular complexity index is 846. The van der Waals surface area contributed by atoms with Crippen LogP contribution in [0.1, 0.15) is 42.6 Å². The first kappa shape index (κ1) is 24.3. The van der Waals surface area contributed by atoms with E-state index in [2.05, 4.69) is 23.8 Å². The van der Waals surface area contributed by atoms with Crippen LogP contribution in [0.25, 0.3) is 0 Å². The van der Waals surface area contributed by atoms with Gasteiger partial charge < -0.3 is 19.3 Å². The second kappa shape index (κ2) is 11.0. The summed E-state index contributed by atoms with van der Waals surface area (Å²) >= 11 is 0. The van der Waals surface area contributed by atoms with Crippen LogP contribution in [0.3, 0.4) is 0 Å². The van der Waals surface area contributed by atoms with E-state index in [4.69, 9.17) is 9.47 Å². The van der Waals surface area contributed by atoms with Gasteiger partial charge >= 0.3 is 0 Å². The molecule has 1 aromatic carbocycles. The average Bonchev–Trinajstić information content (AvgIpc) is 2.80. The minimum Gasteiger partial charge on any atom is -0.496 e. The lowest BCUT2D eigenvalue weighted by Gasteiger charge is -2.44. The van der Waals surface area contributed by atoms with Gasteiger partial charge in [0.1, 0.15) is 11.5 Å². The fourth-order valence-corrected chi connectivity index (χ4v) is 4.64. The summed E-state index contributed by atoms with van der Waals surface area (Å²) < 4.78 is 11.0. The monoisotopic (exact) mass is 443 g/mol. The molecule has 176 valence electrons. The van der Waals surface area contributed by atoms with Crippen LogP contribution in [0.15, 0.2) is 24.3 Å². The summed E-state index contributed by atoms with van der Waals surface area (Å²) in [5, 5.41) is 0. The number of rotatable bonds is 7. The van der Waals surface area contributed by atoms with Crippen LogP contribution in [0.4, 0.5) is 0 Å². The molecule has 1 amide bonds. The zero-order chi connectivity index (χ0) is 23.3. The van der Waals surface area contributed by atoms with Crippen LogP contribution in [0, 0.1) is 6.92 Å². The van der Waals surface area contributed by atoms with E-state index in [9.17, 15) is 9.59 Å². The van der Waals surface area contributed by atoms with Gasteiger partial charge in [0, 0.05) is 56.4 Å². The SMILES string of the molecule is CCOc1ccc(C(=O)C=CC(=O)N2CCC(N3CCN(C)C(C)C3)CC2)c(OC)c1C. The molecule has 0 aromatic heterocycles. The largest absolute Gasteiger partial charge is 0.496 e. The van der Waals surface area contributed by atoms with Crippen molar-refractivity contribution in [3.63, 3.8) is 0 Å². The standard InChI is InChI=1S/C25H37N3O4/c1-6-32-23-9-7-21(25(31-5)19(23)3)22(29)8-10-24(30)27-13-11-20(12-14-27)28-16-15-26(4)18(2)17-28/h7-10,18,20H,6,11-17H2,1-5H3. The molecule has 0 saturated carbocycles. The summed E-state index contributed by atoms with van der Waals surface area (Å²) in [6, 6.07) is 4.57. The third-order valence-electron chi connectivity index (χ3n) is 6.79. The van der Waals surface area contributed by atoms with Gasteiger partial charge in [-0.05, 0) is 58.9 Å². The Labute approximate surface area is 191 Å². The molecule has 2 fully saturated rings. The lowest BCUT2D eigenvalue weighted by Crippen LogP contribution is -2.55. The molecule has 0 N–H and O–H groups in total. The highest BCUT2D eigenvalue weighted by molar-refractivity contribution is 6.09.